The highest BCUT2D eigenvalue weighted by Crippen LogP contribution is 2.44. The van der Waals surface area contributed by atoms with Crippen LogP contribution in [0.15, 0.2) is 42.5 Å². The monoisotopic (exact) mass is 407 g/mol. The third kappa shape index (κ3) is 4.86. The molecule has 0 bridgehead atoms. The van der Waals surface area contributed by atoms with Crippen LogP contribution in [0, 0.1) is 0 Å². The van der Waals surface area contributed by atoms with Crippen LogP contribution in [0.4, 0.5) is 5.69 Å². The molecule has 0 spiro atoms. The van der Waals surface area contributed by atoms with Gasteiger partial charge in [-0.25, -0.2) is 0 Å². The van der Waals surface area contributed by atoms with Crippen LogP contribution in [-0.4, -0.2) is 26.2 Å². The normalized spacial score (nSPS) is 22.5. The molecule has 1 amide bonds. The summed E-state index contributed by atoms with van der Waals surface area (Å²) >= 11 is 0. The van der Waals surface area contributed by atoms with Crippen LogP contribution in [0.2, 0.25) is 0 Å². The molecule has 4 rings (SSSR count). The van der Waals surface area contributed by atoms with Crippen LogP contribution in [-0.2, 0) is 9.53 Å². The molecule has 1 aliphatic heterocycles. The highest BCUT2D eigenvalue weighted by atomic mass is 16.5. The summed E-state index contributed by atoms with van der Waals surface area (Å²) in [4.78, 5) is 11.8. The van der Waals surface area contributed by atoms with Gasteiger partial charge in [-0.3, -0.25) is 4.79 Å². The lowest BCUT2D eigenvalue weighted by atomic mass is 9.75. The standard InChI is InChI=1S/C26H33NO3/c1-18(28)27-26-12-9-23(21-13-15-30-16-14-21)17-25(26)22-5-3-19(4-6-22)20-7-10-24(29-2)11-8-20/h7-12,17,19,21-22H,3-6,13-16H2,1-2H3,(H,27,28). The Morgan fingerprint density at radius 3 is 2.10 bits per heavy atom. The first-order valence-corrected chi connectivity index (χ1v) is 11.3. The number of benzene rings is 2. The molecule has 2 aromatic carbocycles. The van der Waals surface area contributed by atoms with Gasteiger partial charge >= 0.3 is 0 Å². The summed E-state index contributed by atoms with van der Waals surface area (Å²) in [6.07, 6.45) is 6.84. The maximum atomic E-state index is 11.8. The van der Waals surface area contributed by atoms with Gasteiger partial charge in [-0.2, -0.15) is 0 Å². The van der Waals surface area contributed by atoms with Crippen molar-refractivity contribution in [3.8, 4) is 5.75 Å². The minimum atomic E-state index is 0.00184. The first-order chi connectivity index (χ1) is 14.6. The van der Waals surface area contributed by atoms with Crippen molar-refractivity contribution in [2.45, 2.75) is 63.2 Å². The third-order valence-electron chi connectivity index (χ3n) is 6.83. The summed E-state index contributed by atoms with van der Waals surface area (Å²) in [5.74, 6) is 2.59. The molecule has 4 heteroatoms. The maximum absolute atomic E-state index is 11.8. The Hall–Kier alpha value is -2.33. The number of nitrogens with one attached hydrogen (secondary N) is 1. The van der Waals surface area contributed by atoms with Crippen LogP contribution in [0.1, 0.15) is 79.9 Å². The maximum Gasteiger partial charge on any atom is 0.221 e. The van der Waals surface area contributed by atoms with Gasteiger partial charge in [0.1, 0.15) is 5.75 Å². The summed E-state index contributed by atoms with van der Waals surface area (Å²) in [5, 5.41) is 3.08. The second-order valence-corrected chi connectivity index (χ2v) is 8.74. The van der Waals surface area contributed by atoms with Crippen molar-refractivity contribution in [2.75, 3.05) is 25.6 Å². The molecule has 2 aromatic rings. The van der Waals surface area contributed by atoms with Gasteiger partial charge in [-0.05, 0) is 91.2 Å². The highest BCUT2D eigenvalue weighted by molar-refractivity contribution is 5.89. The molecule has 1 aliphatic carbocycles. The van der Waals surface area contributed by atoms with Crippen LogP contribution in [0.5, 0.6) is 5.75 Å². The Labute approximate surface area is 180 Å². The highest BCUT2D eigenvalue weighted by Gasteiger charge is 2.26. The molecule has 160 valence electrons. The fourth-order valence-corrected chi connectivity index (χ4v) is 5.12. The van der Waals surface area contributed by atoms with E-state index in [1.54, 1.807) is 14.0 Å². The molecule has 1 saturated carbocycles. The van der Waals surface area contributed by atoms with E-state index in [2.05, 4.69) is 47.8 Å². The Bertz CT molecular complexity index is 847. The molecule has 0 aromatic heterocycles. The van der Waals surface area contributed by atoms with Crippen molar-refractivity contribution in [1.29, 1.82) is 0 Å². The number of anilines is 1. The van der Waals surface area contributed by atoms with E-state index < -0.39 is 0 Å². The zero-order valence-electron chi connectivity index (χ0n) is 18.2. The predicted molar refractivity (Wildman–Crippen MR) is 120 cm³/mol. The van der Waals surface area contributed by atoms with Gasteiger partial charge in [-0.15, -0.1) is 0 Å². The van der Waals surface area contributed by atoms with Crippen LogP contribution < -0.4 is 10.1 Å². The van der Waals surface area contributed by atoms with Crippen molar-refractivity contribution in [1.82, 2.24) is 0 Å². The SMILES string of the molecule is COc1ccc(C2CCC(c3cc(C4CCOCC4)ccc3NC(C)=O)CC2)cc1. The average molecular weight is 408 g/mol. The fourth-order valence-electron chi connectivity index (χ4n) is 5.12. The van der Waals surface area contributed by atoms with E-state index >= 15 is 0 Å². The third-order valence-corrected chi connectivity index (χ3v) is 6.83. The number of hydrogen-bond donors (Lipinski definition) is 1. The van der Waals surface area contributed by atoms with E-state index in [1.807, 2.05) is 0 Å². The second-order valence-electron chi connectivity index (χ2n) is 8.74. The zero-order valence-corrected chi connectivity index (χ0v) is 18.2. The molecular formula is C26H33NO3. The van der Waals surface area contributed by atoms with Gasteiger partial charge in [0, 0.05) is 25.8 Å². The minimum Gasteiger partial charge on any atom is -0.497 e. The van der Waals surface area contributed by atoms with Crippen LogP contribution >= 0.6 is 0 Å². The summed E-state index contributed by atoms with van der Waals surface area (Å²) in [6, 6.07) is 15.2. The molecule has 0 unspecified atom stereocenters. The quantitative estimate of drug-likeness (QED) is 0.662. The van der Waals surface area contributed by atoms with Gasteiger partial charge in [0.2, 0.25) is 5.91 Å². The molecule has 2 aliphatic rings. The molecule has 30 heavy (non-hydrogen) atoms. The molecule has 1 saturated heterocycles. The van der Waals surface area contributed by atoms with E-state index in [-0.39, 0.29) is 5.91 Å². The van der Waals surface area contributed by atoms with Crippen molar-refractivity contribution in [3.63, 3.8) is 0 Å². The lowest BCUT2D eigenvalue weighted by Gasteiger charge is -2.31. The molecular weight excluding hydrogens is 374 g/mol. The summed E-state index contributed by atoms with van der Waals surface area (Å²) in [5.41, 5.74) is 5.13. The lowest BCUT2D eigenvalue weighted by molar-refractivity contribution is -0.114. The molecule has 2 fully saturated rings. The van der Waals surface area contributed by atoms with Crippen molar-refractivity contribution in [2.24, 2.45) is 0 Å². The van der Waals surface area contributed by atoms with Crippen molar-refractivity contribution in [3.05, 3.63) is 59.2 Å². The van der Waals surface area contributed by atoms with E-state index in [0.29, 0.717) is 17.8 Å². The number of amides is 1. The number of hydrogen-bond acceptors (Lipinski definition) is 3. The van der Waals surface area contributed by atoms with E-state index in [9.17, 15) is 4.79 Å². The second kappa shape index (κ2) is 9.65. The Morgan fingerprint density at radius 2 is 1.47 bits per heavy atom. The molecule has 0 radical (unpaired) electrons. The minimum absolute atomic E-state index is 0.00184. The first kappa shape index (κ1) is 20.9. The topological polar surface area (TPSA) is 47.6 Å². The number of rotatable bonds is 5. The molecule has 0 atom stereocenters. The van der Waals surface area contributed by atoms with Gasteiger partial charge in [0.05, 0.1) is 7.11 Å². The lowest BCUT2D eigenvalue weighted by Crippen LogP contribution is -2.17. The van der Waals surface area contributed by atoms with E-state index in [1.165, 1.54) is 29.5 Å². The summed E-state index contributed by atoms with van der Waals surface area (Å²) in [6.45, 7) is 3.29. The largest absolute Gasteiger partial charge is 0.497 e. The number of ether oxygens (including phenoxy) is 2. The van der Waals surface area contributed by atoms with Gasteiger partial charge in [-0.1, -0.05) is 24.3 Å². The Kier molecular flexibility index (Phi) is 6.73. The van der Waals surface area contributed by atoms with Gasteiger partial charge in [0.25, 0.3) is 0 Å². The number of carbonyl (C=O) groups is 1. The summed E-state index contributed by atoms with van der Waals surface area (Å²) in [7, 11) is 1.71. The van der Waals surface area contributed by atoms with Crippen molar-refractivity contribution >= 4 is 11.6 Å². The Morgan fingerprint density at radius 1 is 0.867 bits per heavy atom. The van der Waals surface area contributed by atoms with Gasteiger partial charge in [0.15, 0.2) is 0 Å². The predicted octanol–water partition coefficient (Wildman–Crippen LogP) is 5.99. The number of carbonyl (C=O) groups excluding carboxylic acids is 1. The summed E-state index contributed by atoms with van der Waals surface area (Å²) < 4.78 is 10.8. The smallest absolute Gasteiger partial charge is 0.221 e. The average Bonchev–Trinajstić information content (AvgIpc) is 2.80. The molecule has 1 heterocycles. The number of methoxy groups -OCH3 is 1. The van der Waals surface area contributed by atoms with Crippen LogP contribution in [0.25, 0.3) is 0 Å². The zero-order chi connectivity index (χ0) is 20.9. The Balaban J connectivity index is 1.50. The first-order valence-electron chi connectivity index (χ1n) is 11.3. The fraction of sp³-hybridized carbons (Fsp3) is 0.500. The molecule has 4 nitrogen and oxygen atoms in total. The van der Waals surface area contributed by atoms with Crippen molar-refractivity contribution < 1.29 is 14.3 Å². The van der Waals surface area contributed by atoms with Gasteiger partial charge < -0.3 is 14.8 Å². The van der Waals surface area contributed by atoms with Crippen LogP contribution in [0.3, 0.4) is 0 Å². The van der Waals surface area contributed by atoms with E-state index in [4.69, 9.17) is 9.47 Å². The van der Waals surface area contributed by atoms with E-state index in [0.717, 1.165) is 50.3 Å². The molecule has 1 N–H and O–H groups in total.